The molecule has 0 radical (unpaired) electrons. The minimum Gasteiger partial charge on any atom is -0.329 e. The standard InChI is InChI=1S/C14H21FN2/c1-11-7-14(8-11,10-16)17(2)9-12-3-5-13(15)6-4-12/h3-6,11H,7-10,16H2,1-2H3. The number of likely N-dealkylation sites (N-methyl/N-ethyl adjacent to an activating group) is 1. The van der Waals surface area contributed by atoms with Crippen LogP contribution in [0.25, 0.3) is 0 Å². The first-order valence-electron chi connectivity index (χ1n) is 6.21. The van der Waals surface area contributed by atoms with Crippen molar-refractivity contribution < 1.29 is 4.39 Å². The van der Waals surface area contributed by atoms with Gasteiger partial charge in [0.2, 0.25) is 0 Å². The summed E-state index contributed by atoms with van der Waals surface area (Å²) < 4.78 is 12.8. The van der Waals surface area contributed by atoms with Gasteiger partial charge in [0.25, 0.3) is 0 Å². The van der Waals surface area contributed by atoms with Crippen molar-refractivity contribution in [2.75, 3.05) is 13.6 Å². The topological polar surface area (TPSA) is 29.3 Å². The normalized spacial score (nSPS) is 28.2. The van der Waals surface area contributed by atoms with E-state index in [-0.39, 0.29) is 11.4 Å². The molecule has 1 aromatic rings. The van der Waals surface area contributed by atoms with Gasteiger partial charge in [0, 0.05) is 18.6 Å². The van der Waals surface area contributed by atoms with E-state index in [0.29, 0.717) is 6.54 Å². The fourth-order valence-electron chi connectivity index (χ4n) is 2.90. The van der Waals surface area contributed by atoms with Crippen LogP contribution in [0.15, 0.2) is 24.3 Å². The number of hydrogen-bond donors (Lipinski definition) is 1. The van der Waals surface area contributed by atoms with E-state index in [9.17, 15) is 4.39 Å². The largest absolute Gasteiger partial charge is 0.329 e. The van der Waals surface area contributed by atoms with Crippen LogP contribution in [0.2, 0.25) is 0 Å². The second-order valence-electron chi connectivity index (χ2n) is 5.42. The molecular formula is C14H21FN2. The Morgan fingerprint density at radius 1 is 1.35 bits per heavy atom. The molecule has 0 spiro atoms. The van der Waals surface area contributed by atoms with Crippen LogP contribution in [-0.2, 0) is 6.54 Å². The van der Waals surface area contributed by atoms with Crippen molar-refractivity contribution in [2.45, 2.75) is 31.8 Å². The maximum atomic E-state index is 12.8. The summed E-state index contributed by atoms with van der Waals surface area (Å²) in [7, 11) is 2.11. The molecule has 0 amide bonds. The minimum absolute atomic E-state index is 0.161. The van der Waals surface area contributed by atoms with E-state index in [1.807, 2.05) is 12.1 Å². The Hall–Kier alpha value is -0.930. The van der Waals surface area contributed by atoms with Gasteiger partial charge in [-0.2, -0.15) is 0 Å². The highest BCUT2D eigenvalue weighted by molar-refractivity contribution is 5.17. The molecule has 2 N–H and O–H groups in total. The fourth-order valence-corrected chi connectivity index (χ4v) is 2.90. The van der Waals surface area contributed by atoms with Gasteiger partial charge in [-0.3, -0.25) is 4.90 Å². The van der Waals surface area contributed by atoms with Crippen LogP contribution in [0, 0.1) is 11.7 Å². The van der Waals surface area contributed by atoms with Gasteiger partial charge in [-0.25, -0.2) is 4.39 Å². The Bertz CT molecular complexity index is 368. The van der Waals surface area contributed by atoms with E-state index in [1.54, 1.807) is 0 Å². The second-order valence-corrected chi connectivity index (χ2v) is 5.42. The zero-order chi connectivity index (χ0) is 12.5. The van der Waals surface area contributed by atoms with Crippen molar-refractivity contribution in [3.05, 3.63) is 35.6 Å². The molecule has 0 aliphatic heterocycles. The van der Waals surface area contributed by atoms with Gasteiger partial charge in [0.05, 0.1) is 0 Å². The van der Waals surface area contributed by atoms with Crippen molar-refractivity contribution in [2.24, 2.45) is 11.7 Å². The summed E-state index contributed by atoms with van der Waals surface area (Å²) >= 11 is 0. The van der Waals surface area contributed by atoms with E-state index in [4.69, 9.17) is 5.73 Å². The van der Waals surface area contributed by atoms with Gasteiger partial charge in [-0.1, -0.05) is 19.1 Å². The first-order valence-corrected chi connectivity index (χ1v) is 6.21. The van der Waals surface area contributed by atoms with Crippen molar-refractivity contribution in [3.63, 3.8) is 0 Å². The summed E-state index contributed by atoms with van der Waals surface area (Å²) in [5, 5.41) is 0. The molecule has 0 aromatic heterocycles. The molecule has 1 saturated carbocycles. The first-order chi connectivity index (χ1) is 8.05. The summed E-state index contributed by atoms with van der Waals surface area (Å²) in [6, 6.07) is 6.72. The van der Waals surface area contributed by atoms with Crippen LogP contribution in [0.4, 0.5) is 4.39 Å². The van der Waals surface area contributed by atoms with Gasteiger partial charge < -0.3 is 5.73 Å². The Balaban J connectivity index is 2.01. The predicted molar refractivity (Wildman–Crippen MR) is 68.1 cm³/mol. The molecule has 3 heteroatoms. The average molecular weight is 236 g/mol. The Labute approximate surface area is 103 Å². The van der Waals surface area contributed by atoms with Crippen LogP contribution in [0.5, 0.6) is 0 Å². The zero-order valence-electron chi connectivity index (χ0n) is 10.6. The molecule has 1 aliphatic carbocycles. The molecule has 0 bridgehead atoms. The van der Waals surface area contributed by atoms with E-state index < -0.39 is 0 Å². The third kappa shape index (κ3) is 2.50. The van der Waals surface area contributed by atoms with Gasteiger partial charge >= 0.3 is 0 Å². The highest BCUT2D eigenvalue weighted by Gasteiger charge is 2.43. The lowest BCUT2D eigenvalue weighted by Gasteiger charge is -2.52. The highest BCUT2D eigenvalue weighted by Crippen LogP contribution is 2.41. The van der Waals surface area contributed by atoms with E-state index in [0.717, 1.165) is 18.0 Å². The molecule has 2 nitrogen and oxygen atoms in total. The van der Waals surface area contributed by atoms with Crippen LogP contribution in [0.3, 0.4) is 0 Å². The number of benzene rings is 1. The fraction of sp³-hybridized carbons (Fsp3) is 0.571. The lowest BCUT2D eigenvalue weighted by atomic mass is 9.68. The molecule has 2 rings (SSSR count). The molecule has 1 fully saturated rings. The van der Waals surface area contributed by atoms with Crippen molar-refractivity contribution in [1.82, 2.24) is 4.90 Å². The Kier molecular flexibility index (Phi) is 3.50. The molecule has 0 unspecified atom stereocenters. The van der Waals surface area contributed by atoms with Gasteiger partial charge in [-0.05, 0) is 43.5 Å². The number of hydrogen-bond acceptors (Lipinski definition) is 2. The smallest absolute Gasteiger partial charge is 0.123 e. The van der Waals surface area contributed by atoms with Gasteiger partial charge in [0.1, 0.15) is 5.82 Å². The monoisotopic (exact) mass is 236 g/mol. The van der Waals surface area contributed by atoms with Crippen LogP contribution in [0.1, 0.15) is 25.3 Å². The lowest BCUT2D eigenvalue weighted by Crippen LogP contribution is -2.59. The number of nitrogens with zero attached hydrogens (tertiary/aromatic N) is 1. The summed E-state index contributed by atoms with van der Waals surface area (Å²) in [6.07, 6.45) is 2.34. The average Bonchev–Trinajstić information content (AvgIpc) is 2.27. The summed E-state index contributed by atoms with van der Waals surface area (Å²) in [5.74, 6) is 0.594. The quantitative estimate of drug-likeness (QED) is 0.869. The van der Waals surface area contributed by atoms with E-state index in [1.165, 1.54) is 25.0 Å². The van der Waals surface area contributed by atoms with Crippen LogP contribution >= 0.6 is 0 Å². The SMILES string of the molecule is CC1CC(CN)(N(C)Cc2ccc(F)cc2)C1. The van der Waals surface area contributed by atoms with Crippen molar-refractivity contribution in [3.8, 4) is 0 Å². The summed E-state index contributed by atoms with van der Waals surface area (Å²) in [5.41, 5.74) is 7.21. The molecule has 0 saturated heterocycles. The lowest BCUT2D eigenvalue weighted by molar-refractivity contribution is 0.000273. The third-order valence-corrected chi connectivity index (χ3v) is 3.98. The minimum atomic E-state index is -0.179. The number of rotatable bonds is 4. The predicted octanol–water partition coefficient (Wildman–Crippen LogP) is 2.38. The maximum Gasteiger partial charge on any atom is 0.123 e. The van der Waals surface area contributed by atoms with E-state index in [2.05, 4.69) is 18.9 Å². The van der Waals surface area contributed by atoms with Crippen molar-refractivity contribution >= 4 is 0 Å². The molecule has 1 aliphatic rings. The Morgan fingerprint density at radius 2 is 1.94 bits per heavy atom. The van der Waals surface area contributed by atoms with Gasteiger partial charge in [0.15, 0.2) is 0 Å². The van der Waals surface area contributed by atoms with Crippen LogP contribution < -0.4 is 5.73 Å². The molecule has 17 heavy (non-hydrogen) atoms. The molecule has 0 heterocycles. The maximum absolute atomic E-state index is 12.8. The molecule has 0 atom stereocenters. The van der Waals surface area contributed by atoms with Crippen LogP contribution in [-0.4, -0.2) is 24.0 Å². The number of halogens is 1. The Morgan fingerprint density at radius 3 is 2.41 bits per heavy atom. The third-order valence-electron chi connectivity index (χ3n) is 3.98. The summed E-state index contributed by atoms with van der Waals surface area (Å²) in [6.45, 7) is 3.80. The van der Waals surface area contributed by atoms with Gasteiger partial charge in [-0.15, -0.1) is 0 Å². The zero-order valence-corrected chi connectivity index (χ0v) is 10.6. The molecule has 1 aromatic carbocycles. The number of nitrogens with two attached hydrogens (primary N) is 1. The van der Waals surface area contributed by atoms with E-state index >= 15 is 0 Å². The van der Waals surface area contributed by atoms with Crippen molar-refractivity contribution in [1.29, 1.82) is 0 Å². The second kappa shape index (κ2) is 4.75. The summed E-state index contributed by atoms with van der Waals surface area (Å²) in [4.78, 5) is 2.32. The first kappa shape index (κ1) is 12.5. The highest BCUT2D eigenvalue weighted by atomic mass is 19.1. The molecule has 94 valence electrons. The molecular weight excluding hydrogens is 215 g/mol.